The van der Waals surface area contributed by atoms with E-state index in [-0.39, 0.29) is 16.0 Å². The molecule has 2 fully saturated rings. The molecule has 0 amide bonds. The molecule has 0 spiro atoms. The van der Waals surface area contributed by atoms with Gasteiger partial charge in [-0.3, -0.25) is 9.80 Å². The number of hydrogen-bond acceptors (Lipinski definition) is 5. The lowest BCUT2D eigenvalue weighted by atomic mass is 10.1. The molecule has 1 aromatic rings. The van der Waals surface area contributed by atoms with E-state index < -0.39 is 10.0 Å². The largest absolute Gasteiger partial charge is 0.374 e. The van der Waals surface area contributed by atoms with Gasteiger partial charge in [0.05, 0.1) is 17.7 Å². The summed E-state index contributed by atoms with van der Waals surface area (Å²) in [5.74, 6) is 0.655. The Morgan fingerprint density at radius 3 is 2.48 bits per heavy atom. The van der Waals surface area contributed by atoms with Crippen molar-refractivity contribution < 1.29 is 13.2 Å². The molecule has 0 unspecified atom stereocenters. The van der Waals surface area contributed by atoms with Gasteiger partial charge in [0.1, 0.15) is 4.90 Å². The van der Waals surface area contributed by atoms with E-state index in [0.29, 0.717) is 32.1 Å². The normalized spacial score (nSPS) is 23.8. The summed E-state index contributed by atoms with van der Waals surface area (Å²) in [6.45, 7) is 11.6. The minimum atomic E-state index is -3.54. The molecule has 2 heterocycles. The van der Waals surface area contributed by atoms with Gasteiger partial charge < -0.3 is 4.74 Å². The van der Waals surface area contributed by atoms with Crippen LogP contribution in [-0.4, -0.2) is 87.6 Å². The van der Waals surface area contributed by atoms with Crippen LogP contribution < -0.4 is 0 Å². The van der Waals surface area contributed by atoms with Crippen molar-refractivity contribution >= 4 is 21.6 Å². The summed E-state index contributed by atoms with van der Waals surface area (Å²) in [5, 5.41) is 0.278. The maximum Gasteiger partial charge on any atom is 0.244 e. The summed E-state index contributed by atoms with van der Waals surface area (Å²) in [6.07, 6.45) is 0.198. The molecule has 27 heavy (non-hydrogen) atoms. The second kappa shape index (κ2) is 9.20. The first-order chi connectivity index (χ1) is 12.9. The van der Waals surface area contributed by atoms with E-state index in [1.165, 1.54) is 4.31 Å². The number of ether oxygens (including phenoxy) is 1. The Labute approximate surface area is 168 Å². The van der Waals surface area contributed by atoms with Crippen LogP contribution in [0.25, 0.3) is 0 Å². The van der Waals surface area contributed by atoms with E-state index in [9.17, 15) is 8.42 Å². The number of sulfonamides is 1. The van der Waals surface area contributed by atoms with E-state index >= 15 is 0 Å². The fourth-order valence-electron chi connectivity index (χ4n) is 3.81. The molecule has 0 radical (unpaired) electrons. The standard InChI is InChI=1S/C19H30ClN3O3S/c1-16(2)13-22-11-12-26-17(15-22)14-21-7-9-23(10-8-21)27(24,25)19-6-4-3-5-18(19)20/h3-6,16-17H,7-15H2,1-2H3/t17-/m1/s1. The summed E-state index contributed by atoms with van der Waals surface area (Å²) >= 11 is 6.10. The highest BCUT2D eigenvalue weighted by Gasteiger charge is 2.31. The molecule has 0 N–H and O–H groups in total. The Morgan fingerprint density at radius 1 is 1.11 bits per heavy atom. The third-order valence-electron chi connectivity index (χ3n) is 5.09. The topological polar surface area (TPSA) is 53.1 Å². The van der Waals surface area contributed by atoms with Gasteiger partial charge in [0.15, 0.2) is 0 Å². The molecule has 3 rings (SSSR count). The molecule has 1 aromatic carbocycles. The van der Waals surface area contributed by atoms with Gasteiger partial charge in [-0.15, -0.1) is 0 Å². The fourth-order valence-corrected chi connectivity index (χ4v) is 5.72. The number of benzene rings is 1. The fraction of sp³-hybridized carbons (Fsp3) is 0.684. The smallest absolute Gasteiger partial charge is 0.244 e. The molecule has 0 aliphatic carbocycles. The Balaban J connectivity index is 1.52. The molecular formula is C19H30ClN3O3S. The third-order valence-corrected chi connectivity index (χ3v) is 7.49. The van der Waals surface area contributed by atoms with Crippen LogP contribution in [0, 0.1) is 5.92 Å². The quantitative estimate of drug-likeness (QED) is 0.711. The Bertz CT molecular complexity index is 721. The van der Waals surface area contributed by atoms with Crippen molar-refractivity contribution in [2.45, 2.75) is 24.8 Å². The van der Waals surface area contributed by atoms with E-state index in [1.807, 2.05) is 0 Å². The second-order valence-electron chi connectivity index (χ2n) is 7.78. The molecule has 2 saturated heterocycles. The number of halogens is 1. The van der Waals surface area contributed by atoms with Crippen molar-refractivity contribution in [3.05, 3.63) is 29.3 Å². The van der Waals surface area contributed by atoms with Crippen LogP contribution in [0.3, 0.4) is 0 Å². The van der Waals surface area contributed by atoms with Gasteiger partial charge in [0.25, 0.3) is 0 Å². The molecule has 152 valence electrons. The Kier molecular flexibility index (Phi) is 7.16. The van der Waals surface area contributed by atoms with Crippen molar-refractivity contribution in [1.29, 1.82) is 0 Å². The molecule has 0 aromatic heterocycles. The first-order valence-electron chi connectivity index (χ1n) is 9.67. The second-order valence-corrected chi connectivity index (χ2v) is 10.1. The van der Waals surface area contributed by atoms with Gasteiger partial charge in [0, 0.05) is 52.4 Å². The lowest BCUT2D eigenvalue weighted by Crippen LogP contribution is -2.53. The lowest BCUT2D eigenvalue weighted by Gasteiger charge is -2.39. The minimum absolute atomic E-state index is 0.194. The number of hydrogen-bond donors (Lipinski definition) is 0. The lowest BCUT2D eigenvalue weighted by molar-refractivity contribution is -0.0486. The van der Waals surface area contributed by atoms with Gasteiger partial charge in [-0.25, -0.2) is 8.42 Å². The van der Waals surface area contributed by atoms with Crippen molar-refractivity contribution in [2.24, 2.45) is 5.92 Å². The molecule has 0 bridgehead atoms. The third kappa shape index (κ3) is 5.43. The number of morpholine rings is 1. The molecular weight excluding hydrogens is 386 g/mol. The number of nitrogens with zero attached hydrogens (tertiary/aromatic N) is 3. The maximum atomic E-state index is 12.8. The van der Waals surface area contributed by atoms with Crippen LogP contribution in [0.5, 0.6) is 0 Å². The molecule has 2 aliphatic rings. The van der Waals surface area contributed by atoms with Gasteiger partial charge in [-0.1, -0.05) is 37.6 Å². The highest BCUT2D eigenvalue weighted by Crippen LogP contribution is 2.25. The summed E-state index contributed by atoms with van der Waals surface area (Å²) < 4.78 is 33.2. The highest BCUT2D eigenvalue weighted by atomic mass is 35.5. The Hall–Kier alpha value is -0.700. The molecule has 6 nitrogen and oxygen atoms in total. The van der Waals surface area contributed by atoms with Crippen molar-refractivity contribution in [3.63, 3.8) is 0 Å². The zero-order valence-corrected chi connectivity index (χ0v) is 17.8. The Morgan fingerprint density at radius 2 is 1.81 bits per heavy atom. The van der Waals surface area contributed by atoms with E-state index in [4.69, 9.17) is 16.3 Å². The van der Waals surface area contributed by atoms with E-state index in [0.717, 1.165) is 32.8 Å². The summed E-state index contributed by atoms with van der Waals surface area (Å²) in [6, 6.07) is 6.64. The van der Waals surface area contributed by atoms with Crippen LogP contribution in [0.15, 0.2) is 29.2 Å². The summed E-state index contributed by atoms with van der Waals surface area (Å²) in [4.78, 5) is 4.97. The van der Waals surface area contributed by atoms with Crippen LogP contribution in [0.4, 0.5) is 0 Å². The number of rotatable bonds is 6. The molecule has 8 heteroatoms. The van der Waals surface area contributed by atoms with E-state index in [2.05, 4.69) is 23.6 Å². The summed E-state index contributed by atoms with van der Waals surface area (Å²) in [5.41, 5.74) is 0. The summed E-state index contributed by atoms with van der Waals surface area (Å²) in [7, 11) is -3.54. The SMILES string of the molecule is CC(C)CN1CCO[C@H](CN2CCN(S(=O)(=O)c3ccccc3Cl)CC2)C1. The zero-order valence-electron chi connectivity index (χ0n) is 16.2. The molecule has 0 saturated carbocycles. The van der Waals surface area contributed by atoms with Gasteiger partial charge in [-0.05, 0) is 18.1 Å². The average molecular weight is 416 g/mol. The van der Waals surface area contributed by atoms with Crippen molar-refractivity contribution in [3.8, 4) is 0 Å². The number of piperazine rings is 1. The highest BCUT2D eigenvalue weighted by molar-refractivity contribution is 7.89. The predicted molar refractivity (Wildman–Crippen MR) is 108 cm³/mol. The first kappa shape index (κ1) is 21.0. The van der Waals surface area contributed by atoms with Crippen LogP contribution in [-0.2, 0) is 14.8 Å². The van der Waals surface area contributed by atoms with Crippen molar-refractivity contribution in [1.82, 2.24) is 14.1 Å². The van der Waals surface area contributed by atoms with Gasteiger partial charge in [0.2, 0.25) is 10.0 Å². The minimum Gasteiger partial charge on any atom is -0.374 e. The van der Waals surface area contributed by atoms with Crippen molar-refractivity contribution in [2.75, 3.05) is 59.0 Å². The van der Waals surface area contributed by atoms with Crippen LogP contribution >= 0.6 is 11.6 Å². The molecule has 1 atom stereocenters. The average Bonchev–Trinajstić information content (AvgIpc) is 2.62. The van der Waals surface area contributed by atoms with Crippen LogP contribution in [0.1, 0.15) is 13.8 Å². The monoisotopic (exact) mass is 415 g/mol. The predicted octanol–water partition coefficient (Wildman–Crippen LogP) is 2.00. The van der Waals surface area contributed by atoms with Crippen LogP contribution in [0.2, 0.25) is 5.02 Å². The zero-order chi connectivity index (χ0) is 19.4. The van der Waals surface area contributed by atoms with Gasteiger partial charge in [-0.2, -0.15) is 4.31 Å². The van der Waals surface area contributed by atoms with Gasteiger partial charge >= 0.3 is 0 Å². The molecule has 2 aliphatic heterocycles. The first-order valence-corrected chi connectivity index (χ1v) is 11.5. The maximum absolute atomic E-state index is 12.8. The van der Waals surface area contributed by atoms with E-state index in [1.54, 1.807) is 24.3 Å².